The molecule has 1 heteroatoms. The van der Waals surface area contributed by atoms with Crippen LogP contribution < -0.4 is 0 Å². The van der Waals surface area contributed by atoms with E-state index < -0.39 is 0 Å². The lowest BCUT2D eigenvalue weighted by molar-refractivity contribution is 0.954. The minimum Gasteiger partial charge on any atom is -0.350 e. The molecule has 0 fully saturated rings. The average molecular weight is 160 g/mol. The minimum atomic E-state index is 0. The topological polar surface area (TPSA) is 4.93 Å². The Balaban J connectivity index is 0.000000845. The first-order valence-electron chi connectivity index (χ1n) is 4.36. The van der Waals surface area contributed by atoms with Crippen LogP contribution >= 0.6 is 0 Å². The zero-order valence-electron chi connectivity index (χ0n) is 8.54. The van der Waals surface area contributed by atoms with Gasteiger partial charge in [0.1, 0.15) is 0 Å². The molecule has 0 aliphatic heterocycles. The van der Waals surface area contributed by atoms with Crippen LogP contribution in [-0.2, 0) is 13.5 Å². The van der Waals surface area contributed by atoms with Crippen LogP contribution in [-0.4, -0.2) is 4.57 Å². The van der Waals surface area contributed by atoms with E-state index in [0.717, 1.165) is 6.42 Å². The van der Waals surface area contributed by atoms with E-state index in [0.29, 0.717) is 0 Å². The molecule has 0 saturated heterocycles. The van der Waals surface area contributed by atoms with Crippen LogP contribution in [0.1, 0.15) is 13.9 Å². The molecule has 0 amide bonds. The number of rotatable bonds is 1. The van der Waals surface area contributed by atoms with Crippen molar-refractivity contribution in [1.29, 1.82) is 0 Å². The number of benzene rings is 1. The molecule has 62 valence electrons. The van der Waals surface area contributed by atoms with Crippen molar-refractivity contribution in [2.75, 3.05) is 0 Å². The molecule has 0 N–H and O–H groups in total. The molecule has 0 bridgehead atoms. The van der Waals surface area contributed by atoms with Crippen molar-refractivity contribution in [2.45, 2.75) is 13.3 Å². The number of aromatic nitrogens is 1. The molecule has 0 spiro atoms. The molecular weight excluding hydrogens is 146 g/mol. The standard InChI is InChI=1S/C11H13N/c1-3-9-8-12(2)11-7-5-4-6-10(9)11/h4-8H,3H2,1-2H3/p+1. The Labute approximate surface area is 74.1 Å². The Morgan fingerprint density at radius 2 is 2.08 bits per heavy atom. The highest BCUT2D eigenvalue weighted by Gasteiger charge is 2.01. The normalized spacial score (nSPS) is 10.8. The van der Waals surface area contributed by atoms with Crippen molar-refractivity contribution in [3.8, 4) is 0 Å². The van der Waals surface area contributed by atoms with Crippen molar-refractivity contribution in [3.63, 3.8) is 0 Å². The number of hydrogen-bond acceptors (Lipinski definition) is 0. The summed E-state index contributed by atoms with van der Waals surface area (Å²) in [6.45, 7) is 2.20. The van der Waals surface area contributed by atoms with Crippen molar-refractivity contribution < 1.29 is 1.43 Å². The highest BCUT2D eigenvalue weighted by atomic mass is 14.9. The maximum absolute atomic E-state index is 2.21. The number of hydrogen-bond donors (Lipinski definition) is 0. The largest absolute Gasteiger partial charge is 1.00 e. The fraction of sp³-hybridized carbons (Fsp3) is 0.273. The molecule has 0 aliphatic rings. The summed E-state index contributed by atoms with van der Waals surface area (Å²) in [5, 5.41) is 1.39. The zero-order chi connectivity index (χ0) is 8.55. The fourth-order valence-corrected chi connectivity index (χ4v) is 1.71. The van der Waals surface area contributed by atoms with E-state index in [2.05, 4.69) is 49.0 Å². The van der Waals surface area contributed by atoms with Crippen LogP contribution in [0.25, 0.3) is 10.9 Å². The van der Waals surface area contributed by atoms with Gasteiger partial charge in [-0.2, -0.15) is 0 Å². The van der Waals surface area contributed by atoms with Crippen molar-refractivity contribution in [1.82, 2.24) is 4.57 Å². The van der Waals surface area contributed by atoms with Gasteiger partial charge in [-0.1, -0.05) is 25.1 Å². The summed E-state index contributed by atoms with van der Waals surface area (Å²) in [5.74, 6) is 0. The Bertz CT molecular complexity index is 403. The lowest BCUT2D eigenvalue weighted by Gasteiger charge is -1.93. The van der Waals surface area contributed by atoms with Gasteiger partial charge >= 0.3 is 1.43 Å². The fourth-order valence-electron chi connectivity index (χ4n) is 1.71. The second-order valence-corrected chi connectivity index (χ2v) is 3.14. The third-order valence-electron chi connectivity index (χ3n) is 2.36. The molecular formula is C11H14N+. The van der Waals surface area contributed by atoms with E-state index in [9.17, 15) is 0 Å². The van der Waals surface area contributed by atoms with Crippen LogP contribution in [0, 0.1) is 0 Å². The van der Waals surface area contributed by atoms with Crippen LogP contribution in [0.15, 0.2) is 30.5 Å². The van der Waals surface area contributed by atoms with Gasteiger partial charge in [-0.25, -0.2) is 0 Å². The average Bonchev–Trinajstić information content (AvgIpc) is 2.44. The summed E-state index contributed by atoms with van der Waals surface area (Å²) < 4.78 is 2.19. The third-order valence-corrected chi connectivity index (χ3v) is 2.36. The molecule has 0 saturated carbocycles. The van der Waals surface area contributed by atoms with E-state index in [4.69, 9.17) is 0 Å². The predicted octanol–water partition coefficient (Wildman–Crippen LogP) is 2.85. The van der Waals surface area contributed by atoms with Gasteiger partial charge in [0.05, 0.1) is 0 Å². The molecule has 1 aromatic heterocycles. The molecule has 1 heterocycles. The van der Waals surface area contributed by atoms with Crippen molar-refractivity contribution in [2.24, 2.45) is 7.05 Å². The summed E-state index contributed by atoms with van der Waals surface area (Å²) >= 11 is 0. The molecule has 0 atom stereocenters. The molecule has 1 aromatic carbocycles. The number of fused-ring (bicyclic) bond motifs is 1. The number of nitrogens with zero attached hydrogens (tertiary/aromatic N) is 1. The first-order valence-corrected chi connectivity index (χ1v) is 4.36. The van der Waals surface area contributed by atoms with Gasteiger partial charge in [0.15, 0.2) is 0 Å². The third kappa shape index (κ3) is 0.934. The maximum Gasteiger partial charge on any atom is 1.00 e. The van der Waals surface area contributed by atoms with Crippen LogP contribution in [0.3, 0.4) is 0 Å². The van der Waals surface area contributed by atoms with E-state index in [1.54, 1.807) is 0 Å². The monoisotopic (exact) mass is 160 g/mol. The second kappa shape index (κ2) is 2.67. The zero-order valence-corrected chi connectivity index (χ0v) is 7.54. The number of para-hydroxylation sites is 1. The quantitative estimate of drug-likeness (QED) is 0.604. The van der Waals surface area contributed by atoms with Gasteiger partial charge in [-0.15, -0.1) is 0 Å². The van der Waals surface area contributed by atoms with E-state index >= 15 is 0 Å². The molecule has 12 heavy (non-hydrogen) atoms. The maximum atomic E-state index is 2.21. The first kappa shape index (κ1) is 7.41. The highest BCUT2D eigenvalue weighted by molar-refractivity contribution is 5.83. The highest BCUT2D eigenvalue weighted by Crippen LogP contribution is 2.19. The lowest BCUT2D eigenvalue weighted by atomic mass is 10.1. The van der Waals surface area contributed by atoms with Crippen molar-refractivity contribution in [3.05, 3.63) is 36.0 Å². The summed E-state index contributed by atoms with van der Waals surface area (Å²) in [7, 11) is 2.10. The molecule has 2 aromatic rings. The van der Waals surface area contributed by atoms with Gasteiger partial charge < -0.3 is 4.57 Å². The molecule has 2 rings (SSSR count). The smallest absolute Gasteiger partial charge is 0.350 e. The van der Waals surface area contributed by atoms with Crippen molar-refractivity contribution >= 4 is 10.9 Å². The van der Waals surface area contributed by atoms with E-state index in [-0.39, 0.29) is 1.43 Å². The second-order valence-electron chi connectivity index (χ2n) is 3.14. The van der Waals surface area contributed by atoms with E-state index in [1.807, 2.05) is 0 Å². The summed E-state index contributed by atoms with van der Waals surface area (Å²) in [6.07, 6.45) is 3.33. The van der Waals surface area contributed by atoms with E-state index in [1.165, 1.54) is 16.5 Å². The van der Waals surface area contributed by atoms with Gasteiger partial charge in [0.25, 0.3) is 0 Å². The predicted molar refractivity (Wildman–Crippen MR) is 53.4 cm³/mol. The first-order chi connectivity index (χ1) is 5.83. The van der Waals surface area contributed by atoms with Gasteiger partial charge in [-0.3, -0.25) is 0 Å². The Kier molecular flexibility index (Phi) is 1.65. The Hall–Kier alpha value is -1.24. The SMILES string of the molecule is CCc1cn(C)c2ccccc12.[H+]. The summed E-state index contributed by atoms with van der Waals surface area (Å²) in [6, 6.07) is 8.53. The molecule has 0 unspecified atom stereocenters. The van der Waals surface area contributed by atoms with Gasteiger partial charge in [0, 0.05) is 24.1 Å². The Morgan fingerprint density at radius 3 is 2.83 bits per heavy atom. The van der Waals surface area contributed by atoms with Crippen LogP contribution in [0.5, 0.6) is 0 Å². The number of aryl methyl sites for hydroxylation is 2. The van der Waals surface area contributed by atoms with Gasteiger partial charge in [0.2, 0.25) is 0 Å². The minimum absolute atomic E-state index is 0. The molecule has 0 radical (unpaired) electrons. The Morgan fingerprint density at radius 1 is 1.33 bits per heavy atom. The summed E-state index contributed by atoms with van der Waals surface area (Å²) in [4.78, 5) is 0. The van der Waals surface area contributed by atoms with Crippen LogP contribution in [0.2, 0.25) is 0 Å². The molecule has 0 aliphatic carbocycles. The van der Waals surface area contributed by atoms with Crippen LogP contribution in [0.4, 0.5) is 0 Å². The van der Waals surface area contributed by atoms with Gasteiger partial charge in [-0.05, 0) is 18.1 Å². The summed E-state index contributed by atoms with van der Waals surface area (Å²) in [5.41, 5.74) is 2.77. The lowest BCUT2D eigenvalue weighted by Crippen LogP contribution is -1.81. The molecule has 1 nitrogen and oxygen atoms in total.